The maximum atomic E-state index is 13.7. The summed E-state index contributed by atoms with van der Waals surface area (Å²) < 4.78 is 44.7. The molecule has 2 unspecified atom stereocenters. The van der Waals surface area contributed by atoms with Crippen molar-refractivity contribution in [3.8, 4) is 5.75 Å². The third kappa shape index (κ3) is 2.79. The maximum Gasteiger partial charge on any atom is 0.243 e. The number of nitrogens with zero attached hydrogens (tertiary/aromatic N) is 1. The van der Waals surface area contributed by atoms with Crippen LogP contribution in [-0.2, 0) is 10.0 Å². The van der Waals surface area contributed by atoms with Crippen LogP contribution in [0, 0.1) is 11.7 Å². The van der Waals surface area contributed by atoms with Crippen LogP contribution in [0.3, 0.4) is 0 Å². The number of sulfonamides is 1. The molecule has 0 aromatic heterocycles. The molecule has 112 valence electrons. The molecule has 5 nitrogen and oxygen atoms in total. The van der Waals surface area contributed by atoms with Crippen molar-refractivity contribution in [2.24, 2.45) is 11.7 Å². The third-order valence-corrected chi connectivity index (χ3v) is 5.60. The van der Waals surface area contributed by atoms with Crippen LogP contribution in [0.4, 0.5) is 4.39 Å². The van der Waals surface area contributed by atoms with Gasteiger partial charge < -0.3 is 10.5 Å². The van der Waals surface area contributed by atoms with Crippen molar-refractivity contribution in [2.45, 2.75) is 24.3 Å². The molecule has 1 aromatic carbocycles. The minimum Gasteiger partial charge on any atom is -0.494 e. The minimum absolute atomic E-state index is 0.0212. The van der Waals surface area contributed by atoms with Crippen LogP contribution < -0.4 is 10.5 Å². The number of nitrogens with two attached hydrogens (primary N) is 1. The number of ether oxygens (including phenoxy) is 1. The van der Waals surface area contributed by atoms with Gasteiger partial charge in [0.2, 0.25) is 10.0 Å². The zero-order valence-electron chi connectivity index (χ0n) is 11.5. The van der Waals surface area contributed by atoms with Crippen molar-refractivity contribution in [2.75, 3.05) is 20.2 Å². The second-order valence-corrected chi connectivity index (χ2v) is 7.03. The fourth-order valence-electron chi connectivity index (χ4n) is 2.24. The van der Waals surface area contributed by atoms with Gasteiger partial charge in [-0.3, -0.25) is 0 Å². The summed E-state index contributed by atoms with van der Waals surface area (Å²) in [6, 6.07) is 3.45. The minimum atomic E-state index is -3.71. The van der Waals surface area contributed by atoms with E-state index in [0.29, 0.717) is 13.0 Å². The topological polar surface area (TPSA) is 72.6 Å². The fraction of sp³-hybridized carbons (Fsp3) is 0.538. The number of rotatable bonds is 3. The van der Waals surface area contributed by atoms with E-state index >= 15 is 0 Å². The van der Waals surface area contributed by atoms with Gasteiger partial charge in [-0.1, -0.05) is 6.92 Å². The molecule has 2 atom stereocenters. The number of methoxy groups -OCH3 is 1. The Balaban J connectivity index is 2.29. The summed E-state index contributed by atoms with van der Waals surface area (Å²) in [5.41, 5.74) is 5.92. The van der Waals surface area contributed by atoms with Crippen LogP contribution in [0.1, 0.15) is 13.3 Å². The molecule has 2 rings (SSSR count). The van der Waals surface area contributed by atoms with Crippen LogP contribution >= 0.6 is 0 Å². The summed E-state index contributed by atoms with van der Waals surface area (Å²) in [6.07, 6.45) is 0.707. The van der Waals surface area contributed by atoms with Crippen LogP contribution in [0.25, 0.3) is 0 Å². The SMILES string of the molecule is COc1ccc(S(=O)(=O)N2CCC(C)C(N)C2)cc1F. The van der Waals surface area contributed by atoms with Gasteiger partial charge in [0.25, 0.3) is 0 Å². The monoisotopic (exact) mass is 302 g/mol. The standard InChI is InChI=1S/C13H19FN2O3S/c1-9-5-6-16(8-12(9)15)20(17,18)10-3-4-13(19-2)11(14)7-10/h3-4,7,9,12H,5-6,8,15H2,1-2H3. The smallest absolute Gasteiger partial charge is 0.243 e. The molecule has 1 heterocycles. The largest absolute Gasteiger partial charge is 0.494 e. The van der Waals surface area contributed by atoms with E-state index in [9.17, 15) is 12.8 Å². The number of hydrogen-bond acceptors (Lipinski definition) is 4. The fourth-order valence-corrected chi connectivity index (χ4v) is 3.75. The van der Waals surface area contributed by atoms with E-state index in [4.69, 9.17) is 10.5 Å². The number of benzene rings is 1. The average Bonchev–Trinajstić information content (AvgIpc) is 2.41. The Labute approximate surface area is 118 Å². The first-order valence-corrected chi connectivity index (χ1v) is 7.89. The van der Waals surface area contributed by atoms with Gasteiger partial charge in [0.1, 0.15) is 0 Å². The van der Waals surface area contributed by atoms with Gasteiger partial charge in [-0.2, -0.15) is 4.31 Å². The number of piperidine rings is 1. The summed E-state index contributed by atoms with van der Waals surface area (Å²) in [5.74, 6) is -0.384. The summed E-state index contributed by atoms with van der Waals surface area (Å²) in [4.78, 5) is -0.0717. The second kappa shape index (κ2) is 5.67. The first-order chi connectivity index (χ1) is 9.36. The molecule has 1 aliphatic rings. The van der Waals surface area contributed by atoms with Crippen molar-refractivity contribution < 1.29 is 17.5 Å². The van der Waals surface area contributed by atoms with E-state index in [2.05, 4.69) is 0 Å². The van der Waals surface area contributed by atoms with Crippen molar-refractivity contribution in [1.29, 1.82) is 0 Å². The van der Waals surface area contributed by atoms with E-state index < -0.39 is 15.8 Å². The summed E-state index contributed by atoms with van der Waals surface area (Å²) >= 11 is 0. The Morgan fingerprint density at radius 2 is 2.15 bits per heavy atom. The zero-order chi connectivity index (χ0) is 14.9. The van der Waals surface area contributed by atoms with Crippen LogP contribution in [0.5, 0.6) is 5.75 Å². The summed E-state index contributed by atoms with van der Waals surface area (Å²) in [5, 5.41) is 0. The number of hydrogen-bond donors (Lipinski definition) is 1. The molecule has 0 saturated carbocycles. The van der Waals surface area contributed by atoms with E-state index in [1.807, 2.05) is 6.92 Å². The highest BCUT2D eigenvalue weighted by Crippen LogP contribution is 2.26. The molecule has 2 N–H and O–H groups in total. The Hall–Kier alpha value is -1.18. The maximum absolute atomic E-state index is 13.7. The molecule has 0 amide bonds. The molecule has 0 bridgehead atoms. The Kier molecular flexibility index (Phi) is 4.31. The van der Waals surface area contributed by atoms with E-state index in [1.165, 1.54) is 23.5 Å². The van der Waals surface area contributed by atoms with E-state index in [1.54, 1.807) is 0 Å². The highest BCUT2D eigenvalue weighted by molar-refractivity contribution is 7.89. The predicted octanol–water partition coefficient (Wildman–Crippen LogP) is 1.19. The Morgan fingerprint density at radius 1 is 1.45 bits per heavy atom. The quantitative estimate of drug-likeness (QED) is 0.910. The molecule has 1 fully saturated rings. The molecule has 20 heavy (non-hydrogen) atoms. The Morgan fingerprint density at radius 3 is 2.70 bits per heavy atom. The second-order valence-electron chi connectivity index (χ2n) is 5.09. The first-order valence-electron chi connectivity index (χ1n) is 6.45. The molecule has 0 radical (unpaired) electrons. The van der Waals surface area contributed by atoms with Gasteiger partial charge in [0.15, 0.2) is 11.6 Å². The highest BCUT2D eigenvalue weighted by Gasteiger charge is 2.32. The molecule has 1 aliphatic heterocycles. The van der Waals surface area contributed by atoms with Crippen molar-refractivity contribution in [3.63, 3.8) is 0 Å². The van der Waals surface area contributed by atoms with E-state index in [-0.39, 0.29) is 29.1 Å². The normalized spacial score (nSPS) is 24.6. The van der Waals surface area contributed by atoms with Gasteiger partial charge in [0, 0.05) is 19.1 Å². The van der Waals surface area contributed by atoms with Crippen molar-refractivity contribution in [1.82, 2.24) is 4.31 Å². The lowest BCUT2D eigenvalue weighted by Gasteiger charge is -2.34. The van der Waals surface area contributed by atoms with E-state index in [0.717, 1.165) is 6.07 Å². The summed E-state index contributed by atoms with van der Waals surface area (Å²) in [7, 11) is -2.38. The van der Waals surface area contributed by atoms with Gasteiger partial charge in [0.05, 0.1) is 12.0 Å². The van der Waals surface area contributed by atoms with Crippen LogP contribution in [0.2, 0.25) is 0 Å². The van der Waals surface area contributed by atoms with Crippen molar-refractivity contribution >= 4 is 10.0 Å². The molecular weight excluding hydrogens is 283 g/mol. The molecular formula is C13H19FN2O3S. The predicted molar refractivity (Wildman–Crippen MR) is 73.5 cm³/mol. The van der Waals surface area contributed by atoms with Gasteiger partial charge >= 0.3 is 0 Å². The lowest BCUT2D eigenvalue weighted by molar-refractivity contribution is 0.253. The average molecular weight is 302 g/mol. The lowest BCUT2D eigenvalue weighted by atomic mass is 9.96. The Bertz CT molecular complexity index is 591. The first kappa shape index (κ1) is 15.2. The molecule has 1 aromatic rings. The molecule has 1 saturated heterocycles. The lowest BCUT2D eigenvalue weighted by Crippen LogP contribution is -2.49. The van der Waals surface area contributed by atoms with Gasteiger partial charge in [-0.15, -0.1) is 0 Å². The zero-order valence-corrected chi connectivity index (χ0v) is 12.4. The van der Waals surface area contributed by atoms with Crippen LogP contribution in [-0.4, -0.2) is 39.0 Å². The molecule has 7 heteroatoms. The third-order valence-electron chi connectivity index (χ3n) is 3.74. The molecule has 0 spiro atoms. The summed E-state index contributed by atoms with van der Waals surface area (Å²) in [6.45, 7) is 2.67. The highest BCUT2D eigenvalue weighted by atomic mass is 32.2. The van der Waals surface area contributed by atoms with Gasteiger partial charge in [-0.25, -0.2) is 12.8 Å². The van der Waals surface area contributed by atoms with Gasteiger partial charge in [-0.05, 0) is 30.5 Å². The molecule has 0 aliphatic carbocycles. The van der Waals surface area contributed by atoms with Crippen molar-refractivity contribution in [3.05, 3.63) is 24.0 Å². The van der Waals surface area contributed by atoms with Crippen LogP contribution in [0.15, 0.2) is 23.1 Å². The number of halogens is 1.